The first-order valence-electron chi connectivity index (χ1n) is 10.7. The molecule has 0 bridgehead atoms. The number of H-pyrrole nitrogens is 1. The van der Waals surface area contributed by atoms with Crippen LogP contribution in [0.25, 0.3) is 11.0 Å². The second-order valence-electron chi connectivity index (χ2n) is 8.39. The molecule has 4 rings (SSSR count). The van der Waals surface area contributed by atoms with E-state index in [1.54, 1.807) is 0 Å². The number of carbonyl (C=O) groups excluding carboxylic acids is 1. The number of anilines is 1. The van der Waals surface area contributed by atoms with Gasteiger partial charge in [0.05, 0.1) is 11.0 Å². The fourth-order valence-electron chi connectivity index (χ4n) is 4.53. The molecule has 0 atom stereocenters. The average Bonchev–Trinajstić information content (AvgIpc) is 3.07. The molecule has 2 fully saturated rings. The van der Waals surface area contributed by atoms with Gasteiger partial charge in [-0.05, 0) is 50.3 Å². The van der Waals surface area contributed by atoms with Crippen molar-refractivity contribution in [3.05, 3.63) is 23.8 Å². The third-order valence-corrected chi connectivity index (χ3v) is 6.24. The lowest BCUT2D eigenvalue weighted by atomic mass is 9.93. The van der Waals surface area contributed by atoms with Gasteiger partial charge in [0.15, 0.2) is 0 Å². The van der Waals surface area contributed by atoms with Crippen LogP contribution in [0, 0.1) is 12.8 Å². The Morgan fingerprint density at radius 1 is 1.07 bits per heavy atom. The molecule has 1 aliphatic carbocycles. The Balaban J connectivity index is 1.31. The van der Waals surface area contributed by atoms with E-state index in [0.717, 1.165) is 55.8 Å². The smallest absolute Gasteiger partial charge is 0.223 e. The van der Waals surface area contributed by atoms with Crippen molar-refractivity contribution in [1.29, 1.82) is 0 Å². The summed E-state index contributed by atoms with van der Waals surface area (Å²) in [5.74, 6) is 1.37. The monoisotopic (exact) mass is 368 g/mol. The van der Waals surface area contributed by atoms with Crippen molar-refractivity contribution >= 4 is 22.9 Å². The summed E-state index contributed by atoms with van der Waals surface area (Å²) in [6, 6.07) is 6.70. The number of piperidine rings is 1. The number of carbonyl (C=O) groups is 1. The molecule has 0 spiro atoms. The van der Waals surface area contributed by atoms with E-state index in [2.05, 4.69) is 40.3 Å². The van der Waals surface area contributed by atoms with Crippen molar-refractivity contribution in [2.75, 3.05) is 18.0 Å². The largest absolute Gasteiger partial charge is 0.353 e. The normalized spacial score (nSPS) is 20.4. The molecule has 1 aromatic heterocycles. The zero-order valence-electron chi connectivity index (χ0n) is 16.5. The standard InChI is InChI=1S/C22H32N4O/c1-16-9-10-19-20(15-16)25-22(24-19)26-13-11-17(12-14-26)21(27)23-18-7-5-3-2-4-6-8-18/h9-10,15,17-18H,2-8,11-14H2,1H3,(H,23,27)(H,24,25). The number of hydrogen-bond acceptors (Lipinski definition) is 3. The minimum absolute atomic E-state index is 0.151. The number of rotatable bonds is 3. The van der Waals surface area contributed by atoms with Gasteiger partial charge in [0.2, 0.25) is 11.9 Å². The number of amides is 1. The van der Waals surface area contributed by atoms with Crippen LogP contribution in [0.15, 0.2) is 18.2 Å². The molecule has 0 unspecified atom stereocenters. The molecule has 5 nitrogen and oxygen atoms in total. The number of benzene rings is 1. The molecule has 27 heavy (non-hydrogen) atoms. The zero-order chi connectivity index (χ0) is 18.6. The van der Waals surface area contributed by atoms with E-state index in [9.17, 15) is 4.79 Å². The van der Waals surface area contributed by atoms with Crippen LogP contribution in [-0.4, -0.2) is 35.0 Å². The summed E-state index contributed by atoms with van der Waals surface area (Å²) in [6.07, 6.45) is 10.7. The van der Waals surface area contributed by atoms with Gasteiger partial charge in [-0.3, -0.25) is 4.79 Å². The highest BCUT2D eigenvalue weighted by molar-refractivity contribution is 5.80. The topological polar surface area (TPSA) is 61.0 Å². The average molecular weight is 369 g/mol. The van der Waals surface area contributed by atoms with Gasteiger partial charge in [0.1, 0.15) is 0 Å². The van der Waals surface area contributed by atoms with Crippen LogP contribution in [-0.2, 0) is 4.79 Å². The summed E-state index contributed by atoms with van der Waals surface area (Å²) < 4.78 is 0. The molecule has 1 amide bonds. The Morgan fingerprint density at radius 3 is 2.52 bits per heavy atom. The number of imidazole rings is 1. The molecule has 1 saturated carbocycles. The summed E-state index contributed by atoms with van der Waals surface area (Å²) >= 11 is 0. The highest BCUT2D eigenvalue weighted by Gasteiger charge is 2.27. The maximum absolute atomic E-state index is 12.7. The van der Waals surface area contributed by atoms with Crippen molar-refractivity contribution in [3.63, 3.8) is 0 Å². The van der Waals surface area contributed by atoms with Crippen molar-refractivity contribution in [2.45, 2.75) is 70.8 Å². The van der Waals surface area contributed by atoms with Gasteiger partial charge in [0, 0.05) is 25.0 Å². The van der Waals surface area contributed by atoms with Crippen molar-refractivity contribution in [1.82, 2.24) is 15.3 Å². The van der Waals surface area contributed by atoms with Gasteiger partial charge in [-0.25, -0.2) is 4.98 Å². The molecule has 5 heteroatoms. The number of fused-ring (bicyclic) bond motifs is 1. The Kier molecular flexibility index (Phi) is 5.65. The van der Waals surface area contributed by atoms with E-state index in [4.69, 9.17) is 4.98 Å². The van der Waals surface area contributed by atoms with Crippen LogP contribution in [0.1, 0.15) is 63.4 Å². The summed E-state index contributed by atoms with van der Waals surface area (Å²) in [5, 5.41) is 3.36. The molecular formula is C22H32N4O. The Bertz CT molecular complexity index is 768. The number of aromatic amines is 1. The minimum Gasteiger partial charge on any atom is -0.353 e. The molecule has 2 aliphatic rings. The summed E-state index contributed by atoms with van der Waals surface area (Å²) in [5.41, 5.74) is 3.34. The third-order valence-electron chi connectivity index (χ3n) is 6.24. The summed E-state index contributed by atoms with van der Waals surface area (Å²) in [7, 11) is 0. The van der Waals surface area contributed by atoms with Crippen LogP contribution < -0.4 is 10.2 Å². The second kappa shape index (κ2) is 8.32. The maximum Gasteiger partial charge on any atom is 0.223 e. The van der Waals surface area contributed by atoms with Gasteiger partial charge < -0.3 is 15.2 Å². The lowest BCUT2D eigenvalue weighted by Gasteiger charge is -2.32. The Labute approximate surface area is 161 Å². The molecular weight excluding hydrogens is 336 g/mol. The molecule has 2 aromatic rings. The lowest BCUT2D eigenvalue weighted by Crippen LogP contribution is -2.44. The Hall–Kier alpha value is -2.04. The number of hydrogen-bond donors (Lipinski definition) is 2. The second-order valence-corrected chi connectivity index (χ2v) is 8.39. The zero-order valence-corrected chi connectivity index (χ0v) is 16.5. The van der Waals surface area contributed by atoms with Crippen molar-refractivity contribution < 1.29 is 4.79 Å². The van der Waals surface area contributed by atoms with Crippen LogP contribution >= 0.6 is 0 Å². The third kappa shape index (κ3) is 4.45. The van der Waals surface area contributed by atoms with Crippen LogP contribution in [0.5, 0.6) is 0 Å². The molecule has 2 heterocycles. The fourth-order valence-corrected chi connectivity index (χ4v) is 4.53. The van der Waals surface area contributed by atoms with Gasteiger partial charge in [-0.2, -0.15) is 0 Å². The predicted octanol–water partition coefficient (Wildman–Crippen LogP) is 4.32. The van der Waals surface area contributed by atoms with Gasteiger partial charge in [-0.15, -0.1) is 0 Å². The van der Waals surface area contributed by atoms with E-state index in [0.29, 0.717) is 6.04 Å². The van der Waals surface area contributed by atoms with Crippen LogP contribution in [0.3, 0.4) is 0 Å². The van der Waals surface area contributed by atoms with Gasteiger partial charge in [0.25, 0.3) is 0 Å². The summed E-state index contributed by atoms with van der Waals surface area (Å²) in [4.78, 5) is 23.2. The molecule has 1 saturated heterocycles. The van der Waals surface area contributed by atoms with E-state index in [-0.39, 0.29) is 11.8 Å². The Morgan fingerprint density at radius 2 is 1.78 bits per heavy atom. The number of aromatic nitrogens is 2. The first-order valence-corrected chi connectivity index (χ1v) is 10.7. The quantitative estimate of drug-likeness (QED) is 0.848. The van der Waals surface area contributed by atoms with E-state index < -0.39 is 0 Å². The van der Waals surface area contributed by atoms with E-state index in [1.165, 1.54) is 37.7 Å². The fraction of sp³-hybridized carbons (Fsp3) is 0.636. The maximum atomic E-state index is 12.7. The van der Waals surface area contributed by atoms with Crippen LogP contribution in [0.4, 0.5) is 5.95 Å². The molecule has 146 valence electrons. The van der Waals surface area contributed by atoms with E-state index in [1.807, 2.05) is 0 Å². The first-order chi connectivity index (χ1) is 13.2. The van der Waals surface area contributed by atoms with Gasteiger partial charge >= 0.3 is 0 Å². The number of aryl methyl sites for hydroxylation is 1. The first kappa shape index (κ1) is 18.3. The highest BCUT2D eigenvalue weighted by atomic mass is 16.1. The summed E-state index contributed by atoms with van der Waals surface area (Å²) in [6.45, 7) is 3.88. The van der Waals surface area contributed by atoms with Crippen molar-refractivity contribution in [3.8, 4) is 0 Å². The lowest BCUT2D eigenvalue weighted by molar-refractivity contribution is -0.126. The molecule has 2 N–H and O–H groups in total. The molecule has 1 aromatic carbocycles. The minimum atomic E-state index is 0.151. The van der Waals surface area contributed by atoms with E-state index >= 15 is 0 Å². The molecule has 0 radical (unpaired) electrons. The highest BCUT2D eigenvalue weighted by Crippen LogP contribution is 2.25. The SMILES string of the molecule is Cc1ccc2nc(N3CCC(C(=O)NC4CCCCCCC4)CC3)[nH]c2c1. The number of nitrogens with one attached hydrogen (secondary N) is 2. The predicted molar refractivity (Wildman–Crippen MR) is 110 cm³/mol. The molecule has 1 aliphatic heterocycles. The number of nitrogens with zero attached hydrogens (tertiary/aromatic N) is 2. The van der Waals surface area contributed by atoms with Gasteiger partial charge in [-0.1, -0.05) is 38.2 Å². The van der Waals surface area contributed by atoms with Crippen LogP contribution in [0.2, 0.25) is 0 Å². The van der Waals surface area contributed by atoms with Crippen molar-refractivity contribution in [2.24, 2.45) is 5.92 Å².